The van der Waals surface area contributed by atoms with E-state index < -0.39 is 30.2 Å². The molecule has 30 heavy (non-hydrogen) atoms. The first-order chi connectivity index (χ1) is 14.3. The first-order valence-corrected chi connectivity index (χ1v) is 9.38. The van der Waals surface area contributed by atoms with E-state index in [1.54, 1.807) is 30.3 Å². The van der Waals surface area contributed by atoms with E-state index in [1.165, 1.54) is 14.2 Å². The molecule has 2 aromatic rings. The molecule has 160 valence electrons. The number of amides is 2. The molecule has 1 heterocycles. The third kappa shape index (κ3) is 4.54. The Morgan fingerprint density at radius 1 is 1.03 bits per heavy atom. The number of nitrogens with two attached hydrogens (primary N) is 1. The van der Waals surface area contributed by atoms with Crippen molar-refractivity contribution in [2.75, 3.05) is 20.8 Å². The van der Waals surface area contributed by atoms with Gasteiger partial charge in [-0.05, 0) is 41.8 Å². The Hall–Kier alpha value is -3.14. The smallest absolute Gasteiger partial charge is 0.241 e. The molecule has 0 aliphatic carbocycles. The van der Waals surface area contributed by atoms with E-state index in [9.17, 15) is 19.8 Å². The van der Waals surface area contributed by atoms with Crippen LogP contribution in [0.5, 0.6) is 11.5 Å². The quantitative estimate of drug-likeness (QED) is 0.438. The summed E-state index contributed by atoms with van der Waals surface area (Å²) in [5.74, 6) is 0.0143. The molecular formula is C21H25N3O6. The van der Waals surface area contributed by atoms with Crippen LogP contribution in [-0.4, -0.2) is 55.1 Å². The number of hydrogen-bond donors (Lipinski definition) is 5. The molecule has 0 fully saturated rings. The van der Waals surface area contributed by atoms with Gasteiger partial charge in [0.15, 0.2) is 6.29 Å². The lowest BCUT2D eigenvalue weighted by Crippen LogP contribution is -2.49. The highest BCUT2D eigenvalue weighted by atomic mass is 16.5. The van der Waals surface area contributed by atoms with Crippen molar-refractivity contribution in [3.63, 3.8) is 0 Å². The van der Waals surface area contributed by atoms with Crippen LogP contribution in [0.3, 0.4) is 0 Å². The summed E-state index contributed by atoms with van der Waals surface area (Å²) in [5, 5.41) is 24.4. The summed E-state index contributed by atoms with van der Waals surface area (Å²) in [5.41, 5.74) is 8.72. The van der Waals surface area contributed by atoms with E-state index in [0.717, 1.165) is 5.56 Å². The van der Waals surface area contributed by atoms with Gasteiger partial charge >= 0.3 is 0 Å². The van der Waals surface area contributed by atoms with Crippen LogP contribution in [0.4, 0.5) is 0 Å². The summed E-state index contributed by atoms with van der Waals surface area (Å²) in [6, 6.07) is 8.50. The maximum Gasteiger partial charge on any atom is 0.241 e. The predicted octanol–water partition coefficient (Wildman–Crippen LogP) is -0.162. The topological polar surface area (TPSA) is 143 Å². The van der Waals surface area contributed by atoms with E-state index in [-0.39, 0.29) is 13.0 Å². The molecule has 0 aromatic heterocycles. The molecule has 6 N–H and O–H groups in total. The average Bonchev–Trinajstić information content (AvgIpc) is 2.75. The Kier molecular flexibility index (Phi) is 6.56. The lowest BCUT2D eigenvalue weighted by Gasteiger charge is -2.23. The Bertz CT molecular complexity index is 946. The molecule has 1 aliphatic heterocycles. The maximum atomic E-state index is 12.4. The van der Waals surface area contributed by atoms with Crippen molar-refractivity contribution in [1.82, 2.24) is 10.6 Å². The highest BCUT2D eigenvalue weighted by Crippen LogP contribution is 2.38. The van der Waals surface area contributed by atoms with Crippen LogP contribution < -0.4 is 25.8 Å². The summed E-state index contributed by atoms with van der Waals surface area (Å²) in [4.78, 5) is 24.6. The molecule has 0 saturated carbocycles. The van der Waals surface area contributed by atoms with Crippen LogP contribution in [0.25, 0.3) is 11.1 Å². The summed E-state index contributed by atoms with van der Waals surface area (Å²) in [6.07, 6.45) is -1.64. The van der Waals surface area contributed by atoms with Gasteiger partial charge in [-0.2, -0.15) is 0 Å². The first-order valence-electron chi connectivity index (χ1n) is 9.38. The molecule has 0 radical (unpaired) electrons. The minimum Gasteiger partial charge on any atom is -0.496 e. The molecule has 2 aromatic carbocycles. The fourth-order valence-electron chi connectivity index (χ4n) is 3.39. The highest BCUT2D eigenvalue weighted by Gasteiger charge is 2.24. The van der Waals surface area contributed by atoms with Crippen LogP contribution in [0.1, 0.15) is 17.2 Å². The molecule has 4 bridgehead atoms. The minimum absolute atomic E-state index is 0.149. The van der Waals surface area contributed by atoms with Crippen molar-refractivity contribution >= 4 is 11.8 Å². The van der Waals surface area contributed by atoms with E-state index >= 15 is 0 Å². The van der Waals surface area contributed by atoms with Gasteiger partial charge in [-0.1, -0.05) is 12.1 Å². The molecule has 1 aliphatic rings. The van der Waals surface area contributed by atoms with E-state index in [1.807, 2.05) is 6.07 Å². The minimum atomic E-state index is -1.79. The van der Waals surface area contributed by atoms with Gasteiger partial charge in [0, 0.05) is 11.1 Å². The predicted molar refractivity (Wildman–Crippen MR) is 109 cm³/mol. The van der Waals surface area contributed by atoms with E-state index in [0.29, 0.717) is 28.2 Å². The summed E-state index contributed by atoms with van der Waals surface area (Å²) >= 11 is 0. The second-order valence-electron chi connectivity index (χ2n) is 6.98. The van der Waals surface area contributed by atoms with Crippen molar-refractivity contribution in [2.24, 2.45) is 5.73 Å². The van der Waals surface area contributed by atoms with Gasteiger partial charge in [-0.25, -0.2) is 0 Å². The Morgan fingerprint density at radius 3 is 2.30 bits per heavy atom. The molecular weight excluding hydrogens is 390 g/mol. The highest BCUT2D eigenvalue weighted by molar-refractivity contribution is 5.89. The first kappa shape index (κ1) is 21.6. The van der Waals surface area contributed by atoms with E-state index in [2.05, 4.69) is 10.6 Å². The second-order valence-corrected chi connectivity index (χ2v) is 6.98. The average molecular weight is 415 g/mol. The van der Waals surface area contributed by atoms with Gasteiger partial charge in [0.25, 0.3) is 0 Å². The molecule has 3 rings (SSSR count). The normalized spacial score (nSPS) is 19.5. The van der Waals surface area contributed by atoms with Crippen molar-refractivity contribution in [1.29, 1.82) is 0 Å². The number of methoxy groups -OCH3 is 2. The van der Waals surface area contributed by atoms with Gasteiger partial charge in [0.2, 0.25) is 11.8 Å². The number of hydrogen-bond acceptors (Lipinski definition) is 7. The fraction of sp³-hybridized carbons (Fsp3) is 0.333. The second kappa shape index (κ2) is 9.12. The third-order valence-electron chi connectivity index (χ3n) is 5.00. The number of carbonyl (C=O) groups excluding carboxylic acids is 2. The van der Waals surface area contributed by atoms with Crippen LogP contribution in [-0.2, 0) is 16.0 Å². The van der Waals surface area contributed by atoms with Gasteiger partial charge < -0.3 is 36.1 Å². The van der Waals surface area contributed by atoms with Crippen LogP contribution in [0, 0.1) is 0 Å². The standard InChI is InChI=1S/C21H25N3O6/c1-29-16-5-3-11-7-13(16)14-9-12(4-6-17(14)30-2)19(22)20(26)23-10-18(25)24-15(8-11)21(27)28/h3-7,9,15,19,21,27-28H,8,10,22H2,1-2H3,(H,23,26)(H,24,25). The van der Waals surface area contributed by atoms with Crippen LogP contribution in [0.15, 0.2) is 36.4 Å². The monoisotopic (exact) mass is 415 g/mol. The van der Waals surface area contributed by atoms with Gasteiger partial charge in [0.1, 0.15) is 17.5 Å². The number of aliphatic hydroxyl groups is 2. The lowest BCUT2D eigenvalue weighted by atomic mass is 9.94. The number of rotatable bonds is 3. The molecule has 2 atom stereocenters. The zero-order chi connectivity index (χ0) is 21.8. The lowest BCUT2D eigenvalue weighted by molar-refractivity contribution is -0.129. The van der Waals surface area contributed by atoms with Crippen molar-refractivity contribution in [3.8, 4) is 22.6 Å². The largest absolute Gasteiger partial charge is 0.496 e. The zero-order valence-corrected chi connectivity index (χ0v) is 16.7. The van der Waals surface area contributed by atoms with Gasteiger partial charge in [-0.15, -0.1) is 0 Å². The maximum absolute atomic E-state index is 12.4. The molecule has 2 unspecified atom stereocenters. The fourth-order valence-corrected chi connectivity index (χ4v) is 3.39. The molecule has 9 heteroatoms. The van der Waals surface area contributed by atoms with Crippen molar-refractivity contribution in [3.05, 3.63) is 47.5 Å². The van der Waals surface area contributed by atoms with Crippen molar-refractivity contribution in [2.45, 2.75) is 24.8 Å². The molecule has 0 saturated heterocycles. The number of ether oxygens (including phenoxy) is 2. The Morgan fingerprint density at radius 2 is 1.67 bits per heavy atom. The van der Waals surface area contributed by atoms with Crippen molar-refractivity contribution < 1.29 is 29.3 Å². The number of benzene rings is 2. The Balaban J connectivity index is 2.19. The van der Waals surface area contributed by atoms with Crippen LogP contribution in [0.2, 0.25) is 0 Å². The number of carbonyl (C=O) groups is 2. The van der Waals surface area contributed by atoms with Gasteiger partial charge in [0.05, 0.1) is 26.8 Å². The van der Waals surface area contributed by atoms with E-state index in [4.69, 9.17) is 15.2 Å². The summed E-state index contributed by atoms with van der Waals surface area (Å²) in [6.45, 7) is -0.341. The summed E-state index contributed by atoms with van der Waals surface area (Å²) in [7, 11) is 3.07. The third-order valence-corrected chi connectivity index (χ3v) is 5.00. The zero-order valence-electron chi connectivity index (χ0n) is 16.7. The summed E-state index contributed by atoms with van der Waals surface area (Å²) < 4.78 is 11.0. The molecule has 0 spiro atoms. The Labute approximate surface area is 173 Å². The van der Waals surface area contributed by atoms with Crippen LogP contribution >= 0.6 is 0 Å². The van der Waals surface area contributed by atoms with Gasteiger partial charge in [-0.3, -0.25) is 9.59 Å². The number of fused-ring (bicyclic) bond motifs is 5. The molecule has 9 nitrogen and oxygen atoms in total. The molecule has 2 amide bonds. The number of aliphatic hydroxyl groups excluding tert-OH is 1. The number of nitrogens with one attached hydrogen (secondary N) is 2. The SMILES string of the molecule is COc1ccc2cc1-c1cc(ccc1OC)C(N)C(=O)NCC(=O)NC(C(O)O)C2.